The van der Waals surface area contributed by atoms with E-state index in [1.165, 1.54) is 0 Å². The molecule has 20 heavy (non-hydrogen) atoms. The predicted octanol–water partition coefficient (Wildman–Crippen LogP) is 3.96. The van der Waals surface area contributed by atoms with E-state index in [0.29, 0.717) is 24.8 Å². The van der Waals surface area contributed by atoms with Crippen LogP contribution in [0.15, 0.2) is 28.7 Å². The van der Waals surface area contributed by atoms with E-state index in [9.17, 15) is 13.2 Å². The summed E-state index contributed by atoms with van der Waals surface area (Å²) in [6.07, 6.45) is 0.707. The molecule has 1 aromatic carbocycles. The highest BCUT2D eigenvalue weighted by Gasteiger charge is 2.22. The summed E-state index contributed by atoms with van der Waals surface area (Å²) in [5, 5.41) is 3.02. The first-order valence-corrected chi connectivity index (χ1v) is 6.53. The first-order valence-electron chi connectivity index (χ1n) is 6.53. The molecule has 0 saturated heterocycles. The topological polar surface area (TPSA) is 25.2 Å². The van der Waals surface area contributed by atoms with Gasteiger partial charge in [-0.25, -0.2) is 13.2 Å². The van der Waals surface area contributed by atoms with E-state index in [2.05, 4.69) is 5.32 Å². The first-order chi connectivity index (χ1) is 9.56. The van der Waals surface area contributed by atoms with Gasteiger partial charge >= 0.3 is 0 Å². The van der Waals surface area contributed by atoms with Crippen LogP contribution in [0.4, 0.5) is 13.2 Å². The largest absolute Gasteiger partial charge is 0.464 e. The minimum atomic E-state index is -1.20. The van der Waals surface area contributed by atoms with Crippen LogP contribution < -0.4 is 5.32 Å². The maximum absolute atomic E-state index is 13.9. The molecule has 2 nitrogen and oxygen atoms in total. The smallest absolute Gasteiger partial charge is 0.161 e. The molecule has 0 aliphatic rings. The number of rotatable bonds is 5. The molecule has 1 N–H and O–H groups in total. The van der Waals surface area contributed by atoms with E-state index in [0.717, 1.165) is 11.8 Å². The van der Waals surface area contributed by atoms with Crippen LogP contribution in [-0.4, -0.2) is 6.54 Å². The molecule has 2 aromatic rings. The highest BCUT2D eigenvalue weighted by Crippen LogP contribution is 2.27. The summed E-state index contributed by atoms with van der Waals surface area (Å²) in [6.45, 7) is 4.31. The van der Waals surface area contributed by atoms with Crippen molar-refractivity contribution in [3.63, 3.8) is 0 Å². The van der Waals surface area contributed by atoms with Crippen LogP contribution >= 0.6 is 0 Å². The minimum Gasteiger partial charge on any atom is -0.464 e. The summed E-state index contributed by atoms with van der Waals surface area (Å²) in [5.74, 6) is -1.84. The summed E-state index contributed by atoms with van der Waals surface area (Å²) >= 11 is 0. The Morgan fingerprint density at radius 3 is 2.35 bits per heavy atom. The molecule has 0 fully saturated rings. The lowest BCUT2D eigenvalue weighted by atomic mass is 10.0. The zero-order valence-electron chi connectivity index (χ0n) is 11.3. The molecule has 1 heterocycles. The van der Waals surface area contributed by atoms with Crippen LogP contribution in [0.1, 0.15) is 37.0 Å². The minimum absolute atomic E-state index is 0.0303. The Kier molecular flexibility index (Phi) is 4.49. The second-order valence-corrected chi connectivity index (χ2v) is 4.44. The van der Waals surface area contributed by atoms with E-state index in [1.807, 2.05) is 13.8 Å². The average molecular weight is 283 g/mol. The third-order valence-corrected chi connectivity index (χ3v) is 3.07. The normalized spacial score (nSPS) is 12.7. The number of aryl methyl sites for hydroxylation is 1. The van der Waals surface area contributed by atoms with Gasteiger partial charge < -0.3 is 9.73 Å². The molecule has 0 bridgehead atoms. The standard InChI is InChI=1S/C15H16F3NO/c1-3-9-5-6-14(20-9)15(19-4-2)10-7-12(17)13(18)8-11(10)16/h5-8,15,19H,3-4H2,1-2H3. The Morgan fingerprint density at radius 1 is 1.05 bits per heavy atom. The van der Waals surface area contributed by atoms with Gasteiger partial charge in [-0.2, -0.15) is 0 Å². The summed E-state index contributed by atoms with van der Waals surface area (Å²) in [5.41, 5.74) is 0.0303. The van der Waals surface area contributed by atoms with Crippen molar-refractivity contribution in [1.82, 2.24) is 5.32 Å². The Bertz CT molecular complexity index is 595. The Balaban J connectivity index is 2.45. The van der Waals surface area contributed by atoms with Gasteiger partial charge in [-0.3, -0.25) is 0 Å². The molecular formula is C15H16F3NO. The van der Waals surface area contributed by atoms with Crippen molar-refractivity contribution in [3.05, 3.63) is 58.8 Å². The fourth-order valence-electron chi connectivity index (χ4n) is 2.07. The molecule has 0 aliphatic carbocycles. The summed E-state index contributed by atoms with van der Waals surface area (Å²) in [6, 6.07) is 4.28. The van der Waals surface area contributed by atoms with E-state index >= 15 is 0 Å². The number of benzene rings is 1. The number of hydrogen-bond acceptors (Lipinski definition) is 2. The molecular weight excluding hydrogens is 267 g/mol. The molecule has 2 rings (SSSR count). The summed E-state index contributed by atoms with van der Waals surface area (Å²) < 4.78 is 45.8. The van der Waals surface area contributed by atoms with Gasteiger partial charge in [0.2, 0.25) is 0 Å². The molecule has 0 amide bonds. The third-order valence-electron chi connectivity index (χ3n) is 3.07. The molecule has 0 saturated carbocycles. The van der Waals surface area contributed by atoms with Crippen molar-refractivity contribution in [1.29, 1.82) is 0 Å². The van der Waals surface area contributed by atoms with Crippen molar-refractivity contribution in [2.45, 2.75) is 26.3 Å². The van der Waals surface area contributed by atoms with Crippen molar-refractivity contribution >= 4 is 0 Å². The van der Waals surface area contributed by atoms with Crippen LogP contribution in [0.2, 0.25) is 0 Å². The lowest BCUT2D eigenvalue weighted by Crippen LogP contribution is -2.23. The molecule has 1 unspecified atom stereocenters. The third kappa shape index (κ3) is 2.88. The monoisotopic (exact) mass is 283 g/mol. The average Bonchev–Trinajstić information content (AvgIpc) is 2.89. The fourth-order valence-corrected chi connectivity index (χ4v) is 2.07. The lowest BCUT2D eigenvalue weighted by molar-refractivity contribution is 0.413. The van der Waals surface area contributed by atoms with E-state index in [4.69, 9.17) is 4.42 Å². The Labute approximate surface area is 115 Å². The van der Waals surface area contributed by atoms with Gasteiger partial charge in [0.25, 0.3) is 0 Å². The van der Waals surface area contributed by atoms with E-state index in [1.54, 1.807) is 12.1 Å². The lowest BCUT2D eigenvalue weighted by Gasteiger charge is -2.17. The number of halogens is 3. The van der Waals surface area contributed by atoms with Crippen molar-refractivity contribution in [3.8, 4) is 0 Å². The maximum Gasteiger partial charge on any atom is 0.161 e. The number of hydrogen-bond donors (Lipinski definition) is 1. The van der Waals surface area contributed by atoms with Crippen molar-refractivity contribution in [2.24, 2.45) is 0 Å². The zero-order valence-corrected chi connectivity index (χ0v) is 11.3. The first kappa shape index (κ1) is 14.7. The molecule has 1 atom stereocenters. The highest BCUT2D eigenvalue weighted by atomic mass is 19.2. The van der Waals surface area contributed by atoms with Gasteiger partial charge in [0.1, 0.15) is 17.3 Å². The van der Waals surface area contributed by atoms with Crippen LogP contribution in [0.5, 0.6) is 0 Å². The zero-order chi connectivity index (χ0) is 14.7. The van der Waals surface area contributed by atoms with Crippen molar-refractivity contribution in [2.75, 3.05) is 6.54 Å². The second-order valence-electron chi connectivity index (χ2n) is 4.44. The molecule has 108 valence electrons. The highest BCUT2D eigenvalue weighted by molar-refractivity contribution is 5.30. The van der Waals surface area contributed by atoms with Gasteiger partial charge in [0, 0.05) is 18.1 Å². The van der Waals surface area contributed by atoms with Gasteiger partial charge in [-0.05, 0) is 24.7 Å². The van der Waals surface area contributed by atoms with Crippen LogP contribution in [0.3, 0.4) is 0 Å². The van der Waals surface area contributed by atoms with Crippen LogP contribution in [0.25, 0.3) is 0 Å². The SMILES string of the molecule is CCNC(c1ccc(CC)o1)c1cc(F)c(F)cc1F. The number of furan rings is 1. The Hall–Kier alpha value is -1.75. The maximum atomic E-state index is 13.9. The van der Waals surface area contributed by atoms with E-state index < -0.39 is 23.5 Å². The Morgan fingerprint density at radius 2 is 1.75 bits per heavy atom. The number of nitrogens with one attached hydrogen (secondary N) is 1. The predicted molar refractivity (Wildman–Crippen MR) is 69.9 cm³/mol. The molecule has 0 spiro atoms. The molecule has 0 radical (unpaired) electrons. The molecule has 0 aliphatic heterocycles. The van der Waals surface area contributed by atoms with Gasteiger partial charge in [0.15, 0.2) is 11.6 Å². The summed E-state index contributed by atoms with van der Waals surface area (Å²) in [7, 11) is 0. The van der Waals surface area contributed by atoms with Gasteiger partial charge in [0.05, 0.1) is 6.04 Å². The fraction of sp³-hybridized carbons (Fsp3) is 0.333. The van der Waals surface area contributed by atoms with Crippen LogP contribution in [-0.2, 0) is 6.42 Å². The quantitative estimate of drug-likeness (QED) is 0.840. The van der Waals surface area contributed by atoms with Crippen molar-refractivity contribution < 1.29 is 17.6 Å². The van der Waals surface area contributed by atoms with Crippen LogP contribution in [0, 0.1) is 17.5 Å². The second kappa shape index (κ2) is 6.13. The summed E-state index contributed by atoms with van der Waals surface area (Å²) in [4.78, 5) is 0. The van der Waals surface area contributed by atoms with Gasteiger partial charge in [-0.15, -0.1) is 0 Å². The van der Waals surface area contributed by atoms with E-state index in [-0.39, 0.29) is 5.56 Å². The molecule has 1 aromatic heterocycles. The molecule has 5 heteroatoms. The van der Waals surface area contributed by atoms with Gasteiger partial charge in [-0.1, -0.05) is 13.8 Å².